The van der Waals surface area contributed by atoms with Crippen LogP contribution in [-0.2, 0) is 6.54 Å². The zero-order valence-electron chi connectivity index (χ0n) is 21.2. The molecular formula is C30H34N4O2. The lowest BCUT2D eigenvalue weighted by Crippen LogP contribution is -2.23. The molecule has 0 aliphatic rings. The van der Waals surface area contributed by atoms with Crippen molar-refractivity contribution in [2.45, 2.75) is 33.7 Å². The van der Waals surface area contributed by atoms with E-state index in [1.165, 1.54) is 5.56 Å². The highest BCUT2D eigenvalue weighted by molar-refractivity contribution is 6.22. The largest absolute Gasteiger partial charge is 0.494 e. The van der Waals surface area contributed by atoms with Crippen molar-refractivity contribution >= 4 is 28.2 Å². The van der Waals surface area contributed by atoms with Gasteiger partial charge in [-0.25, -0.2) is 4.99 Å². The van der Waals surface area contributed by atoms with Gasteiger partial charge in [-0.1, -0.05) is 69.3 Å². The van der Waals surface area contributed by atoms with Gasteiger partial charge in [0.05, 0.1) is 17.0 Å². The molecule has 0 saturated carbocycles. The molecule has 0 aliphatic heterocycles. The first-order valence-corrected chi connectivity index (χ1v) is 12.6. The summed E-state index contributed by atoms with van der Waals surface area (Å²) in [6.45, 7) is 9.80. The van der Waals surface area contributed by atoms with E-state index in [0.717, 1.165) is 42.7 Å². The normalized spacial score (nSPS) is 11.8. The van der Waals surface area contributed by atoms with Gasteiger partial charge in [-0.15, -0.1) is 0 Å². The van der Waals surface area contributed by atoms with Crippen molar-refractivity contribution < 1.29 is 9.90 Å². The number of aliphatic imine (C=N–C) groups is 1. The number of nitrogens with zero attached hydrogens (tertiary/aromatic N) is 2. The Hall–Kier alpha value is -3.90. The Bertz CT molecular complexity index is 1350. The lowest BCUT2D eigenvalue weighted by Gasteiger charge is -2.18. The molecule has 0 atom stereocenters. The van der Waals surface area contributed by atoms with Crippen molar-refractivity contribution in [2.24, 2.45) is 4.99 Å². The molecule has 186 valence electrons. The minimum Gasteiger partial charge on any atom is -0.494 e. The Labute approximate surface area is 212 Å². The maximum Gasteiger partial charge on any atom is 0.251 e. The summed E-state index contributed by atoms with van der Waals surface area (Å²) in [4.78, 5) is 22.9. The van der Waals surface area contributed by atoms with Crippen molar-refractivity contribution in [2.75, 3.05) is 19.6 Å². The maximum atomic E-state index is 12.5. The lowest BCUT2D eigenvalue weighted by molar-refractivity contribution is 0.0953. The number of aromatic amines is 1. The highest BCUT2D eigenvalue weighted by Crippen LogP contribution is 2.32. The number of fused-ring (bicyclic) bond motifs is 1. The van der Waals surface area contributed by atoms with Crippen LogP contribution >= 0.6 is 0 Å². The average Bonchev–Trinajstić information content (AvgIpc) is 3.24. The third kappa shape index (κ3) is 5.66. The highest BCUT2D eigenvalue weighted by Gasteiger charge is 2.20. The van der Waals surface area contributed by atoms with Gasteiger partial charge >= 0.3 is 0 Å². The molecule has 0 saturated heterocycles. The van der Waals surface area contributed by atoms with Gasteiger partial charge < -0.3 is 15.4 Å². The molecule has 4 aromatic rings. The second-order valence-electron chi connectivity index (χ2n) is 8.82. The fourth-order valence-electron chi connectivity index (χ4n) is 4.32. The first-order chi connectivity index (χ1) is 17.5. The van der Waals surface area contributed by atoms with Crippen LogP contribution in [0.15, 0.2) is 77.8 Å². The zero-order valence-corrected chi connectivity index (χ0v) is 21.2. The van der Waals surface area contributed by atoms with Crippen molar-refractivity contribution in [3.8, 4) is 5.88 Å². The van der Waals surface area contributed by atoms with Crippen LogP contribution in [0.1, 0.15) is 54.2 Å². The van der Waals surface area contributed by atoms with E-state index in [1.54, 1.807) is 12.1 Å². The Kier molecular flexibility index (Phi) is 8.18. The molecule has 6 heteroatoms. The number of amides is 1. The van der Waals surface area contributed by atoms with E-state index in [1.807, 2.05) is 55.5 Å². The van der Waals surface area contributed by atoms with Gasteiger partial charge in [0, 0.05) is 35.1 Å². The van der Waals surface area contributed by atoms with Gasteiger partial charge in [-0.3, -0.25) is 9.69 Å². The summed E-state index contributed by atoms with van der Waals surface area (Å²) in [5, 5.41) is 14.7. The zero-order chi connectivity index (χ0) is 25.5. The van der Waals surface area contributed by atoms with Gasteiger partial charge in [0.2, 0.25) is 0 Å². The van der Waals surface area contributed by atoms with Crippen LogP contribution in [0.5, 0.6) is 5.88 Å². The highest BCUT2D eigenvalue weighted by atomic mass is 16.3. The van der Waals surface area contributed by atoms with Crippen LogP contribution in [0.4, 0.5) is 5.69 Å². The molecule has 0 bridgehead atoms. The van der Waals surface area contributed by atoms with Gasteiger partial charge in [-0.2, -0.15) is 0 Å². The van der Waals surface area contributed by atoms with Gasteiger partial charge in [0.15, 0.2) is 5.88 Å². The molecule has 1 amide bonds. The van der Waals surface area contributed by atoms with Crippen LogP contribution in [0, 0.1) is 0 Å². The summed E-state index contributed by atoms with van der Waals surface area (Å²) in [7, 11) is 0. The first kappa shape index (κ1) is 25.2. The molecule has 0 aliphatic carbocycles. The minimum atomic E-state index is -0.128. The Morgan fingerprint density at radius 3 is 2.44 bits per heavy atom. The van der Waals surface area contributed by atoms with Crippen molar-refractivity contribution in [1.82, 2.24) is 15.2 Å². The molecule has 0 unspecified atom stereocenters. The van der Waals surface area contributed by atoms with Crippen molar-refractivity contribution in [1.29, 1.82) is 0 Å². The van der Waals surface area contributed by atoms with Crippen molar-refractivity contribution in [3.63, 3.8) is 0 Å². The molecule has 36 heavy (non-hydrogen) atoms. The number of hydrogen-bond acceptors (Lipinski definition) is 4. The Morgan fingerprint density at radius 1 is 0.944 bits per heavy atom. The number of H-pyrrole nitrogens is 1. The topological polar surface area (TPSA) is 80.7 Å². The van der Waals surface area contributed by atoms with E-state index in [-0.39, 0.29) is 11.8 Å². The van der Waals surface area contributed by atoms with Crippen LogP contribution in [0.2, 0.25) is 0 Å². The number of carbonyl (C=O) groups is 1. The summed E-state index contributed by atoms with van der Waals surface area (Å²) in [6, 6.07) is 23.5. The molecule has 0 spiro atoms. The number of aromatic hydroxyl groups is 1. The number of nitrogens with one attached hydrogen (secondary N) is 2. The number of aromatic nitrogens is 1. The molecule has 4 rings (SSSR count). The van der Waals surface area contributed by atoms with E-state index >= 15 is 0 Å². The van der Waals surface area contributed by atoms with Crippen LogP contribution in [0.3, 0.4) is 0 Å². The van der Waals surface area contributed by atoms with E-state index < -0.39 is 0 Å². The summed E-state index contributed by atoms with van der Waals surface area (Å²) < 4.78 is 0. The minimum absolute atomic E-state index is 0.0259. The quantitative estimate of drug-likeness (QED) is 0.242. The molecule has 3 N–H and O–H groups in total. The summed E-state index contributed by atoms with van der Waals surface area (Å²) >= 11 is 0. The van der Waals surface area contributed by atoms with Crippen LogP contribution in [0.25, 0.3) is 10.9 Å². The molecule has 1 aromatic heterocycles. The number of benzene rings is 3. The van der Waals surface area contributed by atoms with E-state index in [4.69, 9.17) is 4.99 Å². The van der Waals surface area contributed by atoms with Crippen molar-refractivity contribution in [3.05, 3.63) is 95.1 Å². The van der Waals surface area contributed by atoms with Gasteiger partial charge in [0.1, 0.15) is 0 Å². The second kappa shape index (κ2) is 11.7. The molecule has 0 radical (unpaired) electrons. The number of rotatable bonds is 10. The Morgan fingerprint density at radius 2 is 1.72 bits per heavy atom. The van der Waals surface area contributed by atoms with E-state index in [2.05, 4.69) is 41.2 Å². The standard InChI is InChI=1S/C30H34N4O2/c1-4-17-31-29(35)23-15-16-25-26(19-23)33-30(36)27(25)28(22-12-8-7-9-13-22)32-24-14-10-11-21(18-24)20-34(5-2)6-3/h7-16,18-19,33,36H,4-6,17,20H2,1-3H3,(H,31,35). The summed E-state index contributed by atoms with van der Waals surface area (Å²) in [5.74, 6) is -0.102. The fourth-order valence-corrected chi connectivity index (χ4v) is 4.32. The predicted molar refractivity (Wildman–Crippen MR) is 147 cm³/mol. The number of carbonyl (C=O) groups excluding carboxylic acids is 1. The van der Waals surface area contributed by atoms with Gasteiger partial charge in [0.25, 0.3) is 5.91 Å². The predicted octanol–water partition coefficient (Wildman–Crippen LogP) is 6.02. The summed E-state index contributed by atoms with van der Waals surface area (Å²) in [5.41, 5.74) is 5.43. The average molecular weight is 483 g/mol. The molecular weight excluding hydrogens is 448 g/mol. The maximum absolute atomic E-state index is 12.5. The Balaban J connectivity index is 1.80. The molecule has 1 heterocycles. The van der Waals surface area contributed by atoms with Crippen LogP contribution in [-0.4, -0.2) is 46.2 Å². The van der Waals surface area contributed by atoms with E-state index in [9.17, 15) is 9.90 Å². The van der Waals surface area contributed by atoms with Gasteiger partial charge in [-0.05, 0) is 49.3 Å². The lowest BCUT2D eigenvalue weighted by atomic mass is 10.00. The first-order valence-electron chi connectivity index (χ1n) is 12.6. The third-order valence-electron chi connectivity index (χ3n) is 6.31. The fraction of sp³-hybridized carbons (Fsp3) is 0.267. The second-order valence-corrected chi connectivity index (χ2v) is 8.82. The van der Waals surface area contributed by atoms with E-state index in [0.29, 0.717) is 28.9 Å². The molecule has 3 aromatic carbocycles. The molecule has 0 fully saturated rings. The van der Waals surface area contributed by atoms with Crippen LogP contribution < -0.4 is 5.32 Å². The molecule has 6 nitrogen and oxygen atoms in total. The smallest absolute Gasteiger partial charge is 0.251 e. The summed E-state index contributed by atoms with van der Waals surface area (Å²) in [6.07, 6.45) is 0.869. The third-order valence-corrected chi connectivity index (χ3v) is 6.31. The number of hydrogen-bond donors (Lipinski definition) is 3. The SMILES string of the molecule is CCCNC(=O)c1ccc2c(C(=Nc3cccc(CN(CC)CC)c3)c3ccccc3)c(O)[nH]c2c1. The monoisotopic (exact) mass is 482 g/mol.